The zero-order chi connectivity index (χ0) is 15.5. The third kappa shape index (κ3) is 3.78. The van der Waals surface area contributed by atoms with E-state index < -0.39 is 11.6 Å². The van der Waals surface area contributed by atoms with E-state index in [4.69, 9.17) is 10.6 Å². The minimum atomic E-state index is -0.565. The average molecular weight is 298 g/mol. The van der Waals surface area contributed by atoms with Crippen molar-refractivity contribution < 1.29 is 13.5 Å². The first-order valence-corrected chi connectivity index (χ1v) is 7.45. The molecule has 1 aliphatic rings. The fourth-order valence-corrected chi connectivity index (χ4v) is 3.31. The Morgan fingerprint density at radius 3 is 2.33 bits per heavy atom. The van der Waals surface area contributed by atoms with Crippen LogP contribution in [-0.4, -0.2) is 18.8 Å². The molecule has 1 saturated carbocycles. The molecule has 118 valence electrons. The minimum Gasteiger partial charge on any atom is -0.377 e. The predicted molar refractivity (Wildman–Crippen MR) is 78.5 cm³/mol. The number of halogens is 2. The zero-order valence-electron chi connectivity index (χ0n) is 12.7. The van der Waals surface area contributed by atoms with Crippen LogP contribution in [0.3, 0.4) is 0 Å². The van der Waals surface area contributed by atoms with Crippen molar-refractivity contribution in [3.63, 3.8) is 0 Å². The van der Waals surface area contributed by atoms with Gasteiger partial charge in [-0.3, -0.25) is 11.3 Å². The summed E-state index contributed by atoms with van der Waals surface area (Å²) in [4.78, 5) is 0. The van der Waals surface area contributed by atoms with Crippen molar-refractivity contribution in [2.24, 2.45) is 11.8 Å². The molecular weight excluding hydrogens is 274 g/mol. The molecule has 0 aromatic heterocycles. The lowest BCUT2D eigenvalue weighted by molar-refractivity contribution is -0.0746. The first kappa shape index (κ1) is 16.3. The monoisotopic (exact) mass is 298 g/mol. The lowest BCUT2D eigenvalue weighted by Gasteiger charge is -2.43. The van der Waals surface area contributed by atoms with Crippen molar-refractivity contribution in [3.8, 4) is 0 Å². The highest BCUT2D eigenvalue weighted by Gasteiger charge is 2.41. The van der Waals surface area contributed by atoms with Gasteiger partial charge in [0.25, 0.3) is 0 Å². The number of benzene rings is 1. The maximum atomic E-state index is 13.3. The second-order valence-electron chi connectivity index (χ2n) is 6.15. The molecule has 0 spiro atoms. The van der Waals surface area contributed by atoms with Crippen LogP contribution >= 0.6 is 0 Å². The second kappa shape index (κ2) is 6.81. The minimum absolute atomic E-state index is 0.170. The molecule has 1 fully saturated rings. The van der Waals surface area contributed by atoms with Gasteiger partial charge in [-0.1, -0.05) is 6.92 Å². The third-order valence-corrected chi connectivity index (χ3v) is 4.73. The van der Waals surface area contributed by atoms with E-state index in [1.807, 2.05) is 0 Å². The Bertz CT molecular complexity index is 453. The van der Waals surface area contributed by atoms with Gasteiger partial charge in [0.15, 0.2) is 0 Å². The summed E-state index contributed by atoms with van der Waals surface area (Å²) in [6, 6.07) is 3.41. The van der Waals surface area contributed by atoms with Crippen LogP contribution in [0.25, 0.3) is 0 Å². The van der Waals surface area contributed by atoms with Gasteiger partial charge in [-0.05, 0) is 55.7 Å². The van der Waals surface area contributed by atoms with Crippen LogP contribution in [0.15, 0.2) is 18.2 Å². The molecule has 2 rings (SSSR count). The summed E-state index contributed by atoms with van der Waals surface area (Å²) in [6.45, 7) is 2.23. The molecule has 0 bridgehead atoms. The largest absolute Gasteiger partial charge is 0.377 e. The number of hydrazine groups is 1. The standard InChI is InChI=1S/C16H24F2N2O/c1-11-3-5-16(21-2,6-4-11)15(20-19)9-12-7-13(17)10-14(18)8-12/h7-8,10-11,15,20H,3-6,9,19H2,1-2H3. The highest BCUT2D eigenvalue weighted by Crippen LogP contribution is 2.37. The normalized spacial score (nSPS) is 27.6. The quantitative estimate of drug-likeness (QED) is 0.649. The van der Waals surface area contributed by atoms with Gasteiger partial charge in [0, 0.05) is 13.2 Å². The molecule has 1 unspecified atom stereocenters. The number of rotatable bonds is 5. The van der Waals surface area contributed by atoms with Crippen molar-refractivity contribution in [2.45, 2.75) is 50.7 Å². The van der Waals surface area contributed by atoms with Crippen molar-refractivity contribution in [1.29, 1.82) is 0 Å². The molecule has 0 heterocycles. The van der Waals surface area contributed by atoms with Gasteiger partial charge < -0.3 is 4.74 Å². The van der Waals surface area contributed by atoms with E-state index in [9.17, 15) is 8.78 Å². The second-order valence-corrected chi connectivity index (χ2v) is 6.15. The molecule has 1 atom stereocenters. The molecule has 1 aromatic rings. The Labute approximate surface area is 124 Å². The summed E-state index contributed by atoms with van der Waals surface area (Å²) in [5, 5.41) is 0. The Kier molecular flexibility index (Phi) is 5.30. The summed E-state index contributed by atoms with van der Waals surface area (Å²) in [5.41, 5.74) is 3.01. The topological polar surface area (TPSA) is 47.3 Å². The van der Waals surface area contributed by atoms with E-state index in [0.29, 0.717) is 17.9 Å². The van der Waals surface area contributed by atoms with Crippen molar-refractivity contribution in [1.82, 2.24) is 5.43 Å². The number of methoxy groups -OCH3 is 1. The predicted octanol–water partition coefficient (Wildman–Crippen LogP) is 2.93. The van der Waals surface area contributed by atoms with Crippen LogP contribution in [0.5, 0.6) is 0 Å². The van der Waals surface area contributed by atoms with Gasteiger partial charge in [0.05, 0.1) is 11.6 Å². The Morgan fingerprint density at radius 2 is 1.86 bits per heavy atom. The van der Waals surface area contributed by atoms with Crippen LogP contribution in [0, 0.1) is 17.6 Å². The Hall–Kier alpha value is -1.04. The molecule has 0 saturated heterocycles. The molecule has 21 heavy (non-hydrogen) atoms. The fraction of sp³-hybridized carbons (Fsp3) is 0.625. The number of hydrogen-bond acceptors (Lipinski definition) is 3. The van der Waals surface area contributed by atoms with Gasteiger partial charge in [0.1, 0.15) is 11.6 Å². The number of ether oxygens (including phenoxy) is 1. The SMILES string of the molecule is COC1(C(Cc2cc(F)cc(F)c2)NN)CCC(C)CC1. The van der Waals surface area contributed by atoms with Crippen LogP contribution in [-0.2, 0) is 11.2 Å². The molecule has 3 nitrogen and oxygen atoms in total. The average Bonchev–Trinajstić information content (AvgIpc) is 2.45. The van der Waals surface area contributed by atoms with Crippen LogP contribution in [0.2, 0.25) is 0 Å². The van der Waals surface area contributed by atoms with Gasteiger partial charge in [-0.25, -0.2) is 8.78 Å². The zero-order valence-corrected chi connectivity index (χ0v) is 12.7. The Morgan fingerprint density at radius 1 is 1.29 bits per heavy atom. The smallest absolute Gasteiger partial charge is 0.126 e. The fourth-order valence-electron chi connectivity index (χ4n) is 3.31. The molecule has 0 radical (unpaired) electrons. The van der Waals surface area contributed by atoms with E-state index in [2.05, 4.69) is 12.3 Å². The molecule has 3 N–H and O–H groups in total. The van der Waals surface area contributed by atoms with E-state index in [0.717, 1.165) is 31.7 Å². The highest BCUT2D eigenvalue weighted by atomic mass is 19.1. The summed E-state index contributed by atoms with van der Waals surface area (Å²) in [5.74, 6) is 5.25. The molecule has 1 aromatic carbocycles. The van der Waals surface area contributed by atoms with Gasteiger partial charge in [-0.2, -0.15) is 0 Å². The van der Waals surface area contributed by atoms with Crippen molar-refractivity contribution in [3.05, 3.63) is 35.4 Å². The molecule has 5 heteroatoms. The lowest BCUT2D eigenvalue weighted by Crippen LogP contribution is -2.57. The molecular formula is C16H24F2N2O. The molecule has 0 aliphatic heterocycles. The van der Waals surface area contributed by atoms with Gasteiger partial charge in [-0.15, -0.1) is 0 Å². The summed E-state index contributed by atoms with van der Waals surface area (Å²) in [7, 11) is 1.69. The van der Waals surface area contributed by atoms with Crippen molar-refractivity contribution in [2.75, 3.05) is 7.11 Å². The Balaban J connectivity index is 2.17. The lowest BCUT2D eigenvalue weighted by atomic mass is 9.74. The number of nitrogens with two attached hydrogens (primary N) is 1. The number of nitrogens with one attached hydrogen (secondary N) is 1. The van der Waals surface area contributed by atoms with Crippen molar-refractivity contribution >= 4 is 0 Å². The van der Waals surface area contributed by atoms with E-state index in [1.165, 1.54) is 12.1 Å². The molecule has 1 aliphatic carbocycles. The maximum Gasteiger partial charge on any atom is 0.126 e. The molecule has 0 amide bonds. The van der Waals surface area contributed by atoms with Crippen LogP contribution < -0.4 is 11.3 Å². The summed E-state index contributed by atoms with van der Waals surface area (Å²) < 4.78 is 32.4. The van der Waals surface area contributed by atoms with E-state index in [-0.39, 0.29) is 11.6 Å². The van der Waals surface area contributed by atoms with E-state index in [1.54, 1.807) is 7.11 Å². The van der Waals surface area contributed by atoms with Crippen LogP contribution in [0.4, 0.5) is 8.78 Å². The summed E-state index contributed by atoms with van der Waals surface area (Å²) >= 11 is 0. The van der Waals surface area contributed by atoms with Gasteiger partial charge in [0.2, 0.25) is 0 Å². The third-order valence-electron chi connectivity index (χ3n) is 4.73. The number of hydrogen-bond donors (Lipinski definition) is 2. The van der Waals surface area contributed by atoms with Gasteiger partial charge >= 0.3 is 0 Å². The first-order chi connectivity index (χ1) is 9.99. The first-order valence-electron chi connectivity index (χ1n) is 7.45. The summed E-state index contributed by atoms with van der Waals surface area (Å²) in [6.07, 6.45) is 4.38. The maximum absolute atomic E-state index is 13.3. The van der Waals surface area contributed by atoms with Crippen LogP contribution in [0.1, 0.15) is 38.2 Å². The highest BCUT2D eigenvalue weighted by molar-refractivity contribution is 5.20. The van der Waals surface area contributed by atoms with E-state index >= 15 is 0 Å².